The van der Waals surface area contributed by atoms with Gasteiger partial charge < -0.3 is 39.3 Å². The predicted octanol–water partition coefficient (Wildman–Crippen LogP) is 5.48. The lowest BCUT2D eigenvalue weighted by atomic mass is 9.89. The Balaban J connectivity index is 0.000000178. The summed E-state index contributed by atoms with van der Waals surface area (Å²) >= 11 is 0. The maximum atomic E-state index is 13.5. The number of nitrogens with zero attached hydrogens (tertiary/aromatic N) is 6. The van der Waals surface area contributed by atoms with E-state index in [0.29, 0.717) is 86.9 Å². The van der Waals surface area contributed by atoms with Crippen molar-refractivity contribution in [1.29, 1.82) is 0 Å². The highest BCUT2D eigenvalue weighted by molar-refractivity contribution is 5.98. The van der Waals surface area contributed by atoms with Gasteiger partial charge in [-0.3, -0.25) is 29.0 Å². The molecule has 0 aliphatic carbocycles. The summed E-state index contributed by atoms with van der Waals surface area (Å²) in [5.74, 6) is 2.42. The van der Waals surface area contributed by atoms with Crippen molar-refractivity contribution in [2.75, 3.05) is 91.8 Å². The number of hydrogen-bond acceptors (Lipinski definition) is 10. The number of piperidine rings is 2. The van der Waals surface area contributed by atoms with Gasteiger partial charge in [0.05, 0.1) is 36.4 Å². The van der Waals surface area contributed by atoms with Crippen LogP contribution in [0.3, 0.4) is 0 Å². The largest absolute Gasteiger partial charge is 0.491 e. The van der Waals surface area contributed by atoms with E-state index in [-0.39, 0.29) is 23.6 Å². The van der Waals surface area contributed by atoms with Crippen LogP contribution < -0.4 is 9.47 Å². The molecule has 4 aromatic rings. The Morgan fingerprint density at radius 2 is 0.917 bits per heavy atom. The molecule has 2 atom stereocenters. The molecule has 4 aromatic carbocycles. The summed E-state index contributed by atoms with van der Waals surface area (Å²) in [5, 5.41) is 21.8. The summed E-state index contributed by atoms with van der Waals surface area (Å²) < 4.78 is 11.8. The predicted molar refractivity (Wildman–Crippen MR) is 276 cm³/mol. The number of aliphatic hydroxyl groups is 2. The quantitative estimate of drug-likeness (QED) is 0.187. The van der Waals surface area contributed by atoms with Gasteiger partial charge >= 0.3 is 0 Å². The molecule has 0 radical (unpaired) electrons. The number of carbonyl (C=O) groups excluding carboxylic acids is 4. The summed E-state index contributed by atoms with van der Waals surface area (Å²) in [5.41, 5.74) is 8.85. The lowest BCUT2D eigenvalue weighted by molar-refractivity contribution is -0.131. The van der Waals surface area contributed by atoms with Crippen molar-refractivity contribution in [1.82, 2.24) is 29.4 Å². The van der Waals surface area contributed by atoms with Gasteiger partial charge in [0.25, 0.3) is 11.8 Å². The highest BCUT2D eigenvalue weighted by atomic mass is 16.5. The van der Waals surface area contributed by atoms with Crippen molar-refractivity contribution in [3.63, 3.8) is 0 Å². The standard InChI is InChI=1S/2C29H37N3O4/c2*1-21(33)31-12-8-22(9-13-31)16-23-6-7-28-27(17-23)29(35)32(14-15-36-28)20-26(34)19-30-11-10-24-4-2-3-5-25(24)18-30/h2*2-7,17,22,26,34H,8-16,18-20H2,1H3/t2*26-/m10/s1. The Morgan fingerprint density at radius 1 is 0.528 bits per heavy atom. The van der Waals surface area contributed by atoms with E-state index in [0.717, 1.165) is 115 Å². The number of ether oxygens (including phenoxy) is 2. The highest BCUT2D eigenvalue weighted by Gasteiger charge is 2.31. The molecular formula is C58H74N6O8. The average Bonchev–Trinajstić information content (AvgIpc) is 3.63. The first-order valence-corrected chi connectivity index (χ1v) is 26.5. The Morgan fingerprint density at radius 3 is 1.31 bits per heavy atom. The van der Waals surface area contributed by atoms with Crippen LogP contribution >= 0.6 is 0 Å². The van der Waals surface area contributed by atoms with Gasteiger partial charge in [-0.05, 0) is 121 Å². The van der Waals surface area contributed by atoms with Crippen molar-refractivity contribution in [3.8, 4) is 11.5 Å². The molecule has 6 aliphatic heterocycles. The van der Waals surface area contributed by atoms with Crippen molar-refractivity contribution in [3.05, 3.63) is 129 Å². The van der Waals surface area contributed by atoms with Crippen molar-refractivity contribution < 1.29 is 38.9 Å². The molecule has 4 amide bonds. The SMILES string of the molecule is CC(=O)N1CCC(Cc2ccc3c(c2)C(=O)N(C[C@@H](O)CN2CCc4ccccc4C2)CCO3)CC1.CC(=O)N1CCC(Cc2ccc3c(c2)C(=O)N(C[C@H](O)CN2CCc4ccccc4C2)CCO3)CC1. The topological polar surface area (TPSA) is 147 Å². The summed E-state index contributed by atoms with van der Waals surface area (Å²) in [6.45, 7) is 13.5. The van der Waals surface area contributed by atoms with E-state index in [1.807, 2.05) is 34.1 Å². The van der Waals surface area contributed by atoms with Crippen molar-refractivity contribution in [2.24, 2.45) is 11.8 Å². The number of aliphatic hydroxyl groups excluding tert-OH is 2. The van der Waals surface area contributed by atoms with Crippen LogP contribution in [-0.4, -0.2) is 167 Å². The number of benzene rings is 4. The number of likely N-dealkylation sites (tertiary alicyclic amines) is 2. The molecule has 0 unspecified atom stereocenters. The number of rotatable bonds is 12. The number of β-amino-alcohol motifs (C(OH)–C–C–N with tert-alkyl or cyclic N) is 2. The van der Waals surface area contributed by atoms with E-state index < -0.39 is 12.2 Å². The Bertz CT molecular complexity index is 2360. The minimum Gasteiger partial charge on any atom is -0.491 e. The minimum atomic E-state index is -0.615. The highest BCUT2D eigenvalue weighted by Crippen LogP contribution is 2.31. The second kappa shape index (κ2) is 23.8. The van der Waals surface area contributed by atoms with Gasteiger partial charge in [0.2, 0.25) is 11.8 Å². The van der Waals surface area contributed by atoms with Crippen LogP contribution in [0, 0.1) is 11.8 Å². The third-order valence-electron chi connectivity index (χ3n) is 15.7. The number of amides is 4. The van der Waals surface area contributed by atoms with Crippen LogP contribution in [0.25, 0.3) is 0 Å². The zero-order valence-corrected chi connectivity index (χ0v) is 42.4. The molecule has 0 saturated carbocycles. The normalized spacial score (nSPS) is 19.8. The van der Waals surface area contributed by atoms with Gasteiger partial charge in [0.1, 0.15) is 24.7 Å². The second-order valence-electron chi connectivity index (χ2n) is 21.0. The van der Waals surface area contributed by atoms with Crippen LogP contribution in [0.15, 0.2) is 84.9 Å². The molecule has 10 rings (SSSR count). The molecule has 6 aliphatic rings. The summed E-state index contributed by atoms with van der Waals surface area (Å²) in [7, 11) is 0. The minimum absolute atomic E-state index is 0.0706. The zero-order chi connectivity index (χ0) is 50.1. The first kappa shape index (κ1) is 51.1. The van der Waals surface area contributed by atoms with Gasteiger partial charge in [0, 0.05) is 92.4 Å². The molecule has 0 bridgehead atoms. The molecule has 0 spiro atoms. The molecule has 6 heterocycles. The zero-order valence-electron chi connectivity index (χ0n) is 42.4. The Hall–Kier alpha value is -5.80. The van der Waals surface area contributed by atoms with E-state index in [4.69, 9.17) is 9.47 Å². The molecule has 14 heteroatoms. The maximum absolute atomic E-state index is 13.5. The number of carbonyl (C=O) groups is 4. The van der Waals surface area contributed by atoms with Crippen LogP contribution in [0.5, 0.6) is 11.5 Å². The molecule has 14 nitrogen and oxygen atoms in total. The van der Waals surface area contributed by atoms with E-state index in [9.17, 15) is 29.4 Å². The van der Waals surface area contributed by atoms with Crippen molar-refractivity contribution in [2.45, 2.75) is 90.5 Å². The molecule has 2 N–H and O–H groups in total. The summed E-state index contributed by atoms with van der Waals surface area (Å²) in [6, 6.07) is 28.9. The van der Waals surface area contributed by atoms with Crippen LogP contribution in [0.2, 0.25) is 0 Å². The Kier molecular flexibility index (Phi) is 16.9. The molecule has 384 valence electrons. The number of hydrogen-bond donors (Lipinski definition) is 2. The summed E-state index contributed by atoms with van der Waals surface area (Å²) in [4.78, 5) is 62.0. The van der Waals surface area contributed by atoms with E-state index in [2.05, 4.69) is 70.5 Å². The third kappa shape index (κ3) is 13.0. The summed E-state index contributed by atoms with van der Waals surface area (Å²) in [6.07, 6.45) is 6.48. The first-order valence-electron chi connectivity index (χ1n) is 26.5. The number of fused-ring (bicyclic) bond motifs is 4. The van der Waals surface area contributed by atoms with Crippen LogP contribution in [0.1, 0.15) is 93.6 Å². The third-order valence-corrected chi connectivity index (χ3v) is 15.7. The fourth-order valence-corrected chi connectivity index (χ4v) is 11.6. The van der Waals surface area contributed by atoms with Gasteiger partial charge in [-0.25, -0.2) is 0 Å². The van der Waals surface area contributed by atoms with Gasteiger partial charge in [-0.1, -0.05) is 60.7 Å². The maximum Gasteiger partial charge on any atom is 0.257 e. The first-order chi connectivity index (χ1) is 34.9. The fraction of sp³-hybridized carbons (Fsp3) is 0.517. The van der Waals surface area contributed by atoms with E-state index >= 15 is 0 Å². The van der Waals surface area contributed by atoms with E-state index in [1.165, 1.54) is 22.3 Å². The van der Waals surface area contributed by atoms with Crippen LogP contribution in [0.4, 0.5) is 0 Å². The second-order valence-corrected chi connectivity index (χ2v) is 21.0. The molecule has 0 aromatic heterocycles. The van der Waals surface area contributed by atoms with E-state index in [1.54, 1.807) is 23.6 Å². The average molecular weight is 983 g/mol. The molecular weight excluding hydrogens is 909 g/mol. The smallest absolute Gasteiger partial charge is 0.257 e. The van der Waals surface area contributed by atoms with Gasteiger partial charge in [-0.15, -0.1) is 0 Å². The lowest BCUT2D eigenvalue weighted by Crippen LogP contribution is -2.44. The molecule has 2 fully saturated rings. The van der Waals surface area contributed by atoms with Gasteiger partial charge in [-0.2, -0.15) is 0 Å². The lowest BCUT2D eigenvalue weighted by Gasteiger charge is -2.32. The monoisotopic (exact) mass is 983 g/mol. The molecule has 72 heavy (non-hydrogen) atoms. The Labute approximate surface area is 425 Å². The van der Waals surface area contributed by atoms with Gasteiger partial charge in [0.15, 0.2) is 0 Å². The van der Waals surface area contributed by atoms with Crippen LogP contribution in [-0.2, 0) is 48.4 Å². The van der Waals surface area contributed by atoms with Crippen molar-refractivity contribution >= 4 is 23.6 Å². The molecule has 2 saturated heterocycles. The fourth-order valence-electron chi connectivity index (χ4n) is 11.6.